The van der Waals surface area contributed by atoms with E-state index in [0.29, 0.717) is 32.6 Å². The third-order valence-corrected chi connectivity index (χ3v) is 7.86. The molecule has 2 aromatic heterocycles. The topological polar surface area (TPSA) is 128 Å². The van der Waals surface area contributed by atoms with E-state index in [1.54, 1.807) is 6.07 Å². The maximum Gasteiger partial charge on any atom is 0.239 e. The lowest BCUT2D eigenvalue weighted by Gasteiger charge is -2.14. The molecule has 0 aliphatic rings. The molecule has 2 aromatic carbocycles. The number of sulfonamides is 1. The van der Waals surface area contributed by atoms with Crippen LogP contribution < -0.4 is 10.5 Å². The number of carbonyl (C=O) groups excluding carboxylic acids is 1. The zero-order valence-corrected chi connectivity index (χ0v) is 20.3. The van der Waals surface area contributed by atoms with Crippen molar-refractivity contribution in [3.8, 4) is 11.3 Å². The Morgan fingerprint density at radius 3 is 2.58 bits per heavy atom. The largest absolute Gasteiger partial charge is 0.301 e. The van der Waals surface area contributed by atoms with E-state index in [1.165, 1.54) is 35.2 Å². The van der Waals surface area contributed by atoms with Crippen LogP contribution in [-0.4, -0.2) is 34.5 Å². The van der Waals surface area contributed by atoms with Crippen molar-refractivity contribution in [3.63, 3.8) is 0 Å². The van der Waals surface area contributed by atoms with E-state index in [4.69, 9.17) is 5.14 Å². The lowest BCUT2D eigenvalue weighted by atomic mass is 10.1. The Kier molecular flexibility index (Phi) is 6.75. The smallest absolute Gasteiger partial charge is 0.239 e. The third kappa shape index (κ3) is 5.56. The van der Waals surface area contributed by atoms with Gasteiger partial charge >= 0.3 is 0 Å². The molecular formula is C22H21N5O3S3. The van der Waals surface area contributed by atoms with E-state index in [0.717, 1.165) is 11.3 Å². The molecule has 0 aliphatic carbocycles. The minimum atomic E-state index is -3.81. The first kappa shape index (κ1) is 23.3. The van der Waals surface area contributed by atoms with E-state index < -0.39 is 15.3 Å². The minimum Gasteiger partial charge on any atom is -0.301 e. The minimum absolute atomic E-state index is 0.00636. The number of benzene rings is 2. The van der Waals surface area contributed by atoms with Crippen LogP contribution in [0, 0.1) is 6.92 Å². The van der Waals surface area contributed by atoms with Crippen LogP contribution in [0.3, 0.4) is 0 Å². The number of hydrogen-bond acceptors (Lipinski definition) is 8. The molecular weight excluding hydrogens is 478 g/mol. The molecule has 0 saturated carbocycles. The highest BCUT2D eigenvalue weighted by molar-refractivity contribution is 8.00. The number of aromatic nitrogens is 3. The van der Waals surface area contributed by atoms with Gasteiger partial charge in [-0.3, -0.25) is 4.79 Å². The number of aryl methyl sites for hydroxylation is 1. The van der Waals surface area contributed by atoms with Crippen LogP contribution >= 0.6 is 23.1 Å². The molecule has 0 saturated heterocycles. The molecule has 3 N–H and O–H groups in total. The average Bonchev–Trinajstić information content (AvgIpc) is 3.18. The van der Waals surface area contributed by atoms with Gasteiger partial charge in [-0.2, -0.15) is 0 Å². The van der Waals surface area contributed by atoms with Crippen molar-refractivity contribution in [2.45, 2.75) is 35.4 Å². The number of nitrogens with one attached hydrogen (secondary N) is 1. The van der Waals surface area contributed by atoms with Gasteiger partial charge in [-0.05, 0) is 37.6 Å². The number of nitrogens with zero attached hydrogens (tertiary/aromatic N) is 3. The van der Waals surface area contributed by atoms with Gasteiger partial charge in [0.05, 0.1) is 26.1 Å². The highest BCUT2D eigenvalue weighted by Gasteiger charge is 2.21. The summed E-state index contributed by atoms with van der Waals surface area (Å²) in [5, 5.41) is 8.76. The summed E-state index contributed by atoms with van der Waals surface area (Å²) in [5.41, 5.74) is 2.37. The number of thioether (sulfide) groups is 1. The summed E-state index contributed by atoms with van der Waals surface area (Å²) < 4.78 is 23.8. The second-order valence-corrected chi connectivity index (χ2v) is 11.0. The SMILES string of the molecule is CCC(Sc1cc(-c2ccccc2)nc(C)n1)C(=O)Nc1nc2ccc(S(N)(=O)=O)cc2s1. The summed E-state index contributed by atoms with van der Waals surface area (Å²) in [6.07, 6.45) is 0.584. The molecule has 11 heteroatoms. The van der Waals surface area contributed by atoms with Gasteiger partial charge in [0, 0.05) is 5.56 Å². The van der Waals surface area contributed by atoms with Gasteiger partial charge in [0.2, 0.25) is 15.9 Å². The molecule has 0 aliphatic heterocycles. The Morgan fingerprint density at radius 1 is 1.12 bits per heavy atom. The fourth-order valence-electron chi connectivity index (χ4n) is 3.15. The zero-order chi connectivity index (χ0) is 23.6. The molecule has 33 heavy (non-hydrogen) atoms. The molecule has 2 heterocycles. The number of thiazole rings is 1. The first-order valence-electron chi connectivity index (χ1n) is 10.0. The third-order valence-electron chi connectivity index (χ3n) is 4.73. The highest BCUT2D eigenvalue weighted by atomic mass is 32.2. The number of amides is 1. The normalized spacial score (nSPS) is 12.6. The Labute approximate surface area is 199 Å². The van der Waals surface area contributed by atoms with Gasteiger partial charge in [-0.1, -0.05) is 60.4 Å². The molecule has 0 radical (unpaired) electrons. The number of anilines is 1. The molecule has 0 bridgehead atoms. The fourth-order valence-corrected chi connectivity index (χ4v) is 5.66. The Bertz CT molecular complexity index is 1420. The molecule has 1 unspecified atom stereocenters. The van der Waals surface area contributed by atoms with E-state index in [1.807, 2.05) is 50.2 Å². The monoisotopic (exact) mass is 499 g/mol. The number of carbonyl (C=O) groups is 1. The van der Waals surface area contributed by atoms with Crippen LogP contribution in [0.2, 0.25) is 0 Å². The summed E-state index contributed by atoms with van der Waals surface area (Å²) in [6, 6.07) is 16.1. The van der Waals surface area contributed by atoms with Gasteiger partial charge < -0.3 is 5.32 Å². The fraction of sp³-hybridized carbons (Fsp3) is 0.182. The van der Waals surface area contributed by atoms with Crippen LogP contribution in [0.1, 0.15) is 19.2 Å². The predicted molar refractivity (Wildman–Crippen MR) is 132 cm³/mol. The predicted octanol–water partition coefficient (Wildman–Crippen LogP) is 4.22. The molecule has 0 spiro atoms. The lowest BCUT2D eigenvalue weighted by Crippen LogP contribution is -2.24. The lowest BCUT2D eigenvalue weighted by molar-refractivity contribution is -0.115. The standard InChI is InChI=1S/C22H21N5O3S3/c1-3-18(31-20-12-17(24-13(2)25-20)14-7-5-4-6-8-14)21(28)27-22-26-16-10-9-15(33(23,29)30)11-19(16)32-22/h4-12,18H,3H2,1-2H3,(H2,23,29,30)(H,26,27,28). The van der Waals surface area contributed by atoms with Crippen molar-refractivity contribution in [1.82, 2.24) is 15.0 Å². The Balaban J connectivity index is 1.53. The molecule has 170 valence electrons. The quantitative estimate of drug-likeness (QED) is 0.288. The van der Waals surface area contributed by atoms with E-state index in [-0.39, 0.29) is 10.8 Å². The first-order valence-corrected chi connectivity index (χ1v) is 13.3. The summed E-state index contributed by atoms with van der Waals surface area (Å²) in [6.45, 7) is 3.76. The number of fused-ring (bicyclic) bond motifs is 1. The van der Waals surface area contributed by atoms with Gasteiger partial charge in [0.25, 0.3) is 0 Å². The van der Waals surface area contributed by atoms with Gasteiger partial charge in [0.1, 0.15) is 10.9 Å². The summed E-state index contributed by atoms with van der Waals surface area (Å²) >= 11 is 2.56. The van der Waals surface area contributed by atoms with Gasteiger partial charge in [0.15, 0.2) is 5.13 Å². The number of primary sulfonamides is 1. The van der Waals surface area contributed by atoms with Crippen molar-refractivity contribution >= 4 is 54.4 Å². The summed E-state index contributed by atoms with van der Waals surface area (Å²) in [5.74, 6) is 0.427. The highest BCUT2D eigenvalue weighted by Crippen LogP contribution is 2.31. The second kappa shape index (κ2) is 9.56. The van der Waals surface area contributed by atoms with Crippen LogP contribution in [0.25, 0.3) is 21.5 Å². The maximum atomic E-state index is 13.0. The summed E-state index contributed by atoms with van der Waals surface area (Å²) in [4.78, 5) is 26.4. The molecule has 8 nitrogen and oxygen atoms in total. The van der Waals surface area contributed by atoms with Gasteiger partial charge in [-0.25, -0.2) is 28.5 Å². The first-order chi connectivity index (χ1) is 15.7. The van der Waals surface area contributed by atoms with Crippen LogP contribution in [0.4, 0.5) is 5.13 Å². The molecule has 4 rings (SSSR count). The van der Waals surface area contributed by atoms with Crippen molar-refractivity contribution in [1.29, 1.82) is 0 Å². The molecule has 1 atom stereocenters. The molecule has 1 amide bonds. The number of nitrogens with two attached hydrogens (primary N) is 1. The van der Waals surface area contributed by atoms with Crippen molar-refractivity contribution in [2.75, 3.05) is 5.32 Å². The van der Waals surface area contributed by atoms with Gasteiger partial charge in [-0.15, -0.1) is 0 Å². The van der Waals surface area contributed by atoms with Crippen molar-refractivity contribution in [3.05, 3.63) is 60.4 Å². The van der Waals surface area contributed by atoms with E-state index in [2.05, 4.69) is 20.3 Å². The van der Waals surface area contributed by atoms with Crippen LogP contribution in [0.15, 0.2) is 64.5 Å². The molecule has 4 aromatic rings. The van der Waals surface area contributed by atoms with Crippen molar-refractivity contribution < 1.29 is 13.2 Å². The molecule has 0 fully saturated rings. The van der Waals surface area contributed by atoms with E-state index in [9.17, 15) is 13.2 Å². The second-order valence-electron chi connectivity index (χ2n) is 7.20. The number of hydrogen-bond donors (Lipinski definition) is 2. The Hall–Kier alpha value is -2.86. The van der Waals surface area contributed by atoms with Crippen molar-refractivity contribution in [2.24, 2.45) is 5.14 Å². The van der Waals surface area contributed by atoms with Crippen LogP contribution in [-0.2, 0) is 14.8 Å². The summed E-state index contributed by atoms with van der Waals surface area (Å²) in [7, 11) is -3.81. The van der Waals surface area contributed by atoms with Crippen LogP contribution in [0.5, 0.6) is 0 Å². The maximum absolute atomic E-state index is 13.0. The van der Waals surface area contributed by atoms with E-state index >= 15 is 0 Å². The Morgan fingerprint density at radius 2 is 1.88 bits per heavy atom. The average molecular weight is 500 g/mol. The number of rotatable bonds is 7. The zero-order valence-electron chi connectivity index (χ0n) is 17.8.